The van der Waals surface area contributed by atoms with Gasteiger partial charge < -0.3 is 0 Å². The summed E-state index contributed by atoms with van der Waals surface area (Å²) in [6.07, 6.45) is 3.33. The molecule has 8 heteroatoms. The van der Waals surface area contributed by atoms with Crippen molar-refractivity contribution < 1.29 is 9.59 Å². The average Bonchev–Trinajstić information content (AvgIpc) is 3.57. The Kier molecular flexibility index (Phi) is 5.69. The van der Waals surface area contributed by atoms with Crippen molar-refractivity contribution in [2.24, 2.45) is 0 Å². The lowest BCUT2D eigenvalue weighted by Crippen LogP contribution is -2.41. The van der Waals surface area contributed by atoms with Gasteiger partial charge in [0.15, 0.2) is 5.69 Å². The van der Waals surface area contributed by atoms with E-state index >= 15 is 0 Å². The molecule has 5 aromatic rings. The number of hydrogen-bond acceptors (Lipinski definition) is 4. The highest BCUT2D eigenvalue weighted by Gasteiger charge is 2.20. The highest BCUT2D eigenvalue weighted by molar-refractivity contribution is 6.02. The van der Waals surface area contributed by atoms with Gasteiger partial charge in [-0.2, -0.15) is 10.2 Å². The van der Waals surface area contributed by atoms with Crippen LogP contribution in [0.3, 0.4) is 0 Å². The second kappa shape index (κ2) is 9.25. The van der Waals surface area contributed by atoms with Crippen molar-refractivity contribution in [1.82, 2.24) is 30.4 Å². The van der Waals surface area contributed by atoms with Crippen LogP contribution in [0.15, 0.2) is 109 Å². The number of hydrazine groups is 1. The molecule has 0 unspecified atom stereocenters. The van der Waals surface area contributed by atoms with Crippen molar-refractivity contribution in [3.05, 3.63) is 121 Å². The van der Waals surface area contributed by atoms with Crippen LogP contribution in [0.2, 0.25) is 0 Å². The zero-order valence-corrected chi connectivity index (χ0v) is 18.0. The minimum Gasteiger partial charge on any atom is -0.267 e. The molecule has 0 atom stereocenters. The molecule has 0 radical (unpaired) electrons. The Morgan fingerprint density at radius 1 is 0.618 bits per heavy atom. The minimum atomic E-state index is -0.528. The zero-order valence-electron chi connectivity index (χ0n) is 18.0. The first-order valence-electron chi connectivity index (χ1n) is 10.6. The van der Waals surface area contributed by atoms with Gasteiger partial charge in [-0.05, 0) is 30.3 Å². The summed E-state index contributed by atoms with van der Waals surface area (Å²) in [7, 11) is 0. The Morgan fingerprint density at radius 3 is 1.82 bits per heavy atom. The second-order valence-electron chi connectivity index (χ2n) is 7.43. The number of rotatable bonds is 5. The van der Waals surface area contributed by atoms with E-state index < -0.39 is 11.8 Å². The molecule has 0 fully saturated rings. The van der Waals surface area contributed by atoms with Gasteiger partial charge in [0.1, 0.15) is 5.69 Å². The van der Waals surface area contributed by atoms with Gasteiger partial charge in [-0.25, -0.2) is 9.36 Å². The summed E-state index contributed by atoms with van der Waals surface area (Å²) in [5.74, 6) is -1.02. The van der Waals surface area contributed by atoms with Crippen molar-refractivity contribution >= 4 is 11.8 Å². The summed E-state index contributed by atoms with van der Waals surface area (Å²) in [6, 6.07) is 29.9. The number of nitrogens with one attached hydrogen (secondary N) is 2. The SMILES string of the molecule is O=C(NNC(=O)c1cn(-c2ccccc2)nc1-c1ccccc1)c1ccn(-c2ccccc2)n1. The average molecular weight is 448 g/mol. The topological polar surface area (TPSA) is 93.8 Å². The lowest BCUT2D eigenvalue weighted by Gasteiger charge is -2.06. The molecule has 0 aliphatic heterocycles. The van der Waals surface area contributed by atoms with E-state index in [1.807, 2.05) is 91.0 Å². The lowest BCUT2D eigenvalue weighted by molar-refractivity contribution is 0.0844. The van der Waals surface area contributed by atoms with Gasteiger partial charge in [0.25, 0.3) is 11.8 Å². The molecule has 34 heavy (non-hydrogen) atoms. The smallest absolute Gasteiger partial charge is 0.267 e. The Hall–Kier alpha value is -4.98. The third-order valence-corrected chi connectivity index (χ3v) is 5.16. The van der Waals surface area contributed by atoms with Crippen molar-refractivity contribution in [2.45, 2.75) is 0 Å². The van der Waals surface area contributed by atoms with Gasteiger partial charge in [-0.15, -0.1) is 0 Å². The number of benzene rings is 3. The first-order chi connectivity index (χ1) is 16.7. The van der Waals surface area contributed by atoms with E-state index in [-0.39, 0.29) is 5.69 Å². The summed E-state index contributed by atoms with van der Waals surface area (Å²) in [5, 5.41) is 8.90. The number of nitrogens with zero attached hydrogens (tertiary/aromatic N) is 4. The van der Waals surface area contributed by atoms with Crippen molar-refractivity contribution in [2.75, 3.05) is 0 Å². The van der Waals surface area contributed by atoms with Gasteiger partial charge >= 0.3 is 0 Å². The fourth-order valence-corrected chi connectivity index (χ4v) is 3.48. The maximum Gasteiger partial charge on any atom is 0.290 e. The van der Waals surface area contributed by atoms with Gasteiger partial charge in [-0.3, -0.25) is 20.4 Å². The maximum absolute atomic E-state index is 13.0. The maximum atomic E-state index is 13.0. The second-order valence-corrected chi connectivity index (χ2v) is 7.43. The number of hydrogen-bond donors (Lipinski definition) is 2. The van der Waals surface area contributed by atoms with Crippen LogP contribution in [0.1, 0.15) is 20.8 Å². The van der Waals surface area contributed by atoms with Crippen LogP contribution >= 0.6 is 0 Å². The molecule has 3 aromatic carbocycles. The summed E-state index contributed by atoms with van der Waals surface area (Å²) in [6.45, 7) is 0. The fourth-order valence-electron chi connectivity index (χ4n) is 3.48. The van der Waals surface area contributed by atoms with Gasteiger partial charge in [0, 0.05) is 18.0 Å². The summed E-state index contributed by atoms with van der Waals surface area (Å²) in [4.78, 5) is 25.6. The molecule has 0 bridgehead atoms. The third-order valence-electron chi connectivity index (χ3n) is 5.16. The Bertz CT molecular complexity index is 1430. The van der Waals surface area contributed by atoms with E-state index in [9.17, 15) is 9.59 Å². The molecule has 166 valence electrons. The molecule has 5 rings (SSSR count). The summed E-state index contributed by atoms with van der Waals surface area (Å²) < 4.78 is 3.23. The predicted octanol–water partition coefficient (Wildman–Crippen LogP) is 3.80. The number of carbonyl (C=O) groups is 2. The molecule has 2 aromatic heterocycles. The highest BCUT2D eigenvalue weighted by atomic mass is 16.2. The molecular formula is C26H20N6O2. The van der Waals surface area contributed by atoms with Crippen molar-refractivity contribution in [1.29, 1.82) is 0 Å². The molecular weight excluding hydrogens is 428 g/mol. The van der Waals surface area contributed by atoms with E-state index in [2.05, 4.69) is 21.0 Å². The normalized spacial score (nSPS) is 10.6. The third kappa shape index (κ3) is 4.33. The van der Waals surface area contributed by atoms with Crippen LogP contribution in [0.5, 0.6) is 0 Å². The Balaban J connectivity index is 1.36. The molecule has 8 nitrogen and oxygen atoms in total. The molecule has 0 spiro atoms. The Labute approximate surface area is 195 Å². The van der Waals surface area contributed by atoms with Crippen LogP contribution < -0.4 is 10.9 Å². The summed E-state index contributed by atoms with van der Waals surface area (Å²) in [5.41, 5.74) is 8.35. The van der Waals surface area contributed by atoms with E-state index in [1.54, 1.807) is 27.8 Å². The summed E-state index contributed by atoms with van der Waals surface area (Å²) >= 11 is 0. The zero-order chi connectivity index (χ0) is 23.3. The van der Waals surface area contributed by atoms with E-state index in [4.69, 9.17) is 0 Å². The van der Waals surface area contributed by atoms with E-state index in [1.165, 1.54) is 0 Å². The number of aromatic nitrogens is 4. The predicted molar refractivity (Wildman–Crippen MR) is 127 cm³/mol. The first kappa shape index (κ1) is 20.9. The molecule has 0 saturated heterocycles. The van der Waals surface area contributed by atoms with Crippen molar-refractivity contribution in [3.63, 3.8) is 0 Å². The van der Waals surface area contributed by atoms with Crippen LogP contribution in [0, 0.1) is 0 Å². The quantitative estimate of drug-likeness (QED) is 0.400. The van der Waals surface area contributed by atoms with Gasteiger partial charge in [0.05, 0.1) is 16.9 Å². The highest BCUT2D eigenvalue weighted by Crippen LogP contribution is 2.23. The molecule has 2 amide bonds. The van der Waals surface area contributed by atoms with Crippen LogP contribution in [0.25, 0.3) is 22.6 Å². The van der Waals surface area contributed by atoms with E-state index in [0.717, 1.165) is 16.9 Å². The molecule has 0 aliphatic rings. The number of para-hydroxylation sites is 2. The Morgan fingerprint density at radius 2 is 1.18 bits per heavy atom. The van der Waals surface area contributed by atoms with E-state index in [0.29, 0.717) is 11.3 Å². The standard InChI is InChI=1S/C26H20N6O2/c33-25(27-28-26(34)23-16-17-31(29-23)20-12-6-2-7-13-20)22-18-32(21-14-8-3-9-15-21)30-24(22)19-10-4-1-5-11-19/h1-18H,(H,27,33)(H,28,34). The van der Waals surface area contributed by atoms with Crippen LogP contribution in [0.4, 0.5) is 0 Å². The lowest BCUT2D eigenvalue weighted by atomic mass is 10.1. The van der Waals surface area contributed by atoms with Gasteiger partial charge in [0.2, 0.25) is 0 Å². The molecule has 2 N–H and O–H groups in total. The van der Waals surface area contributed by atoms with Crippen molar-refractivity contribution in [3.8, 4) is 22.6 Å². The number of amides is 2. The molecule has 0 aliphatic carbocycles. The molecule has 0 saturated carbocycles. The van der Waals surface area contributed by atoms with Crippen LogP contribution in [-0.2, 0) is 0 Å². The fraction of sp³-hybridized carbons (Fsp3) is 0. The van der Waals surface area contributed by atoms with Crippen LogP contribution in [-0.4, -0.2) is 31.4 Å². The first-order valence-corrected chi connectivity index (χ1v) is 10.6. The molecule has 2 heterocycles. The minimum absolute atomic E-state index is 0.174. The largest absolute Gasteiger partial charge is 0.290 e. The van der Waals surface area contributed by atoms with Gasteiger partial charge in [-0.1, -0.05) is 66.7 Å². The monoisotopic (exact) mass is 448 g/mol. The number of carbonyl (C=O) groups excluding carboxylic acids is 2.